The van der Waals surface area contributed by atoms with Crippen LogP contribution in [0.25, 0.3) is 0 Å². The van der Waals surface area contributed by atoms with Gasteiger partial charge in [0.25, 0.3) is 0 Å². The fraction of sp³-hybridized carbons (Fsp3) is 0.0400. The molecule has 26 heavy (non-hydrogen) atoms. The summed E-state index contributed by atoms with van der Waals surface area (Å²) in [6.07, 6.45) is 0. The molecule has 0 aromatic heterocycles. The summed E-state index contributed by atoms with van der Waals surface area (Å²) in [5.74, 6) is 0. The zero-order valence-corrected chi connectivity index (χ0v) is 18.9. The summed E-state index contributed by atoms with van der Waals surface area (Å²) in [6, 6.07) is 42.7. The molecule has 126 valence electrons. The molecule has 0 nitrogen and oxygen atoms in total. The number of hydrogen-bond donors (Lipinski definition) is 0. The zero-order chi connectivity index (χ0) is 17.8. The molecular weight excluding hydrogens is 507 g/mol. The van der Waals surface area contributed by atoms with Gasteiger partial charge in [0.1, 0.15) is 0 Å². The van der Waals surface area contributed by atoms with Crippen LogP contribution in [-0.4, -0.2) is 21.2 Å². The molecule has 0 atom stereocenters. The Labute approximate surface area is 160 Å². The molecular formula is C25H22Pb. The fourth-order valence-electron chi connectivity index (χ4n) is 3.87. The topological polar surface area (TPSA) is 0 Å². The Kier molecular flexibility index (Phi) is 5.03. The first kappa shape index (κ1) is 17.2. The Balaban J connectivity index is 2.12. The minimum absolute atomic E-state index is 1.31. The Morgan fingerprint density at radius 2 is 0.692 bits per heavy atom. The third kappa shape index (κ3) is 3.03. The standard InChI is InChI=1S/C7H7.3C6H5.Pb/c1-7-5-3-2-4-6-7;3*1-2-4-6-5-3-1;/h3-6H,1H3;3*1-5H;. The van der Waals surface area contributed by atoms with Gasteiger partial charge >= 0.3 is 161 Å². The Morgan fingerprint density at radius 3 is 1.04 bits per heavy atom. The number of benzene rings is 4. The average Bonchev–Trinajstić information content (AvgIpc) is 2.72. The van der Waals surface area contributed by atoms with E-state index in [0.717, 1.165) is 0 Å². The van der Waals surface area contributed by atoms with Gasteiger partial charge in [0.05, 0.1) is 0 Å². The molecule has 0 saturated heterocycles. The molecule has 0 unspecified atom stereocenters. The second kappa shape index (κ2) is 7.58. The van der Waals surface area contributed by atoms with Crippen molar-refractivity contribution in [2.24, 2.45) is 0 Å². The molecule has 0 N–H and O–H groups in total. The summed E-state index contributed by atoms with van der Waals surface area (Å²) in [5.41, 5.74) is 1.31. The van der Waals surface area contributed by atoms with Crippen LogP contribution in [0.5, 0.6) is 0 Å². The van der Waals surface area contributed by atoms with Crippen molar-refractivity contribution in [3.05, 3.63) is 121 Å². The van der Waals surface area contributed by atoms with E-state index in [4.69, 9.17) is 0 Å². The molecule has 4 aromatic carbocycles. The maximum absolute atomic E-state index is 3.52. The van der Waals surface area contributed by atoms with E-state index in [1.807, 2.05) is 0 Å². The molecule has 0 fully saturated rings. The van der Waals surface area contributed by atoms with E-state index in [1.54, 1.807) is 0 Å². The third-order valence-corrected chi connectivity index (χ3v) is 23.8. The second-order valence-electron chi connectivity index (χ2n) is 6.71. The van der Waals surface area contributed by atoms with Gasteiger partial charge in [0, 0.05) is 0 Å². The van der Waals surface area contributed by atoms with Gasteiger partial charge in [-0.25, -0.2) is 0 Å². The molecule has 0 bridgehead atoms. The maximum atomic E-state index is 2.36. The molecule has 0 spiro atoms. The SMILES string of the molecule is Cc1cc[c]([Pb]([c]2ccccc2)([c]2ccccc2)[c]2ccccc2)cc1. The van der Waals surface area contributed by atoms with Crippen molar-refractivity contribution in [2.75, 3.05) is 0 Å². The first-order chi connectivity index (χ1) is 12.8. The molecule has 0 amide bonds. The first-order valence-corrected chi connectivity index (χ1v) is 16.8. The van der Waals surface area contributed by atoms with Crippen LogP contribution >= 0.6 is 0 Å². The van der Waals surface area contributed by atoms with Crippen LogP contribution in [0.4, 0.5) is 0 Å². The molecule has 4 aromatic rings. The van der Waals surface area contributed by atoms with Gasteiger partial charge < -0.3 is 0 Å². The number of rotatable bonds is 4. The van der Waals surface area contributed by atoms with Gasteiger partial charge in [-0.15, -0.1) is 0 Å². The van der Waals surface area contributed by atoms with Crippen LogP contribution < -0.4 is 12.5 Å². The molecule has 0 aliphatic rings. The van der Waals surface area contributed by atoms with Crippen LogP contribution in [0.15, 0.2) is 115 Å². The van der Waals surface area contributed by atoms with Gasteiger partial charge in [0.2, 0.25) is 0 Å². The molecule has 0 heterocycles. The summed E-state index contributed by atoms with van der Waals surface area (Å²) in [6.45, 7) is 2.16. The molecule has 0 aliphatic heterocycles. The normalized spacial score (nSPS) is 11.3. The van der Waals surface area contributed by atoms with Crippen molar-refractivity contribution in [2.45, 2.75) is 6.92 Å². The summed E-state index contributed by atoms with van der Waals surface area (Å²) in [7, 11) is 0. The third-order valence-electron chi connectivity index (χ3n) is 5.10. The fourth-order valence-corrected chi connectivity index (χ4v) is 22.3. The number of hydrogen-bond acceptors (Lipinski definition) is 0. The Hall–Kier alpha value is -2.20. The predicted octanol–water partition coefficient (Wildman–Crippen LogP) is 3.37. The summed E-state index contributed by atoms with van der Waals surface area (Å²) < 4.78 is 6.01. The van der Waals surface area contributed by atoms with E-state index in [0.29, 0.717) is 0 Å². The van der Waals surface area contributed by atoms with Gasteiger partial charge in [0.15, 0.2) is 0 Å². The van der Waals surface area contributed by atoms with E-state index in [9.17, 15) is 0 Å². The predicted molar refractivity (Wildman–Crippen MR) is 115 cm³/mol. The molecule has 4 rings (SSSR count). The van der Waals surface area contributed by atoms with Crippen molar-refractivity contribution in [1.82, 2.24) is 0 Å². The Bertz CT molecular complexity index is 862. The van der Waals surface area contributed by atoms with E-state index in [2.05, 4.69) is 122 Å². The number of aryl methyl sites for hydroxylation is 1. The van der Waals surface area contributed by atoms with Crippen LogP contribution in [0.2, 0.25) is 0 Å². The average molecular weight is 530 g/mol. The summed E-state index contributed by atoms with van der Waals surface area (Å²) >= 11 is -3.52. The molecule has 1 heteroatoms. The Morgan fingerprint density at radius 1 is 0.385 bits per heavy atom. The minimum atomic E-state index is -3.52. The molecule has 0 aliphatic carbocycles. The quantitative estimate of drug-likeness (QED) is 0.356. The van der Waals surface area contributed by atoms with Crippen molar-refractivity contribution in [3.63, 3.8) is 0 Å². The van der Waals surface area contributed by atoms with E-state index < -0.39 is 21.2 Å². The van der Waals surface area contributed by atoms with Crippen molar-refractivity contribution in [1.29, 1.82) is 0 Å². The van der Waals surface area contributed by atoms with Crippen LogP contribution in [0, 0.1) is 6.92 Å². The van der Waals surface area contributed by atoms with Crippen molar-refractivity contribution >= 4 is 33.7 Å². The van der Waals surface area contributed by atoms with Gasteiger partial charge in [-0.3, -0.25) is 0 Å². The second-order valence-corrected chi connectivity index (χ2v) is 21.5. The van der Waals surface area contributed by atoms with E-state index >= 15 is 0 Å². The van der Waals surface area contributed by atoms with Gasteiger partial charge in [-0.2, -0.15) is 0 Å². The van der Waals surface area contributed by atoms with E-state index in [1.165, 1.54) is 18.1 Å². The van der Waals surface area contributed by atoms with Crippen molar-refractivity contribution < 1.29 is 0 Å². The van der Waals surface area contributed by atoms with Crippen LogP contribution in [0.1, 0.15) is 5.56 Å². The molecule has 0 saturated carbocycles. The van der Waals surface area contributed by atoms with E-state index in [-0.39, 0.29) is 0 Å². The van der Waals surface area contributed by atoms with Gasteiger partial charge in [-0.1, -0.05) is 0 Å². The van der Waals surface area contributed by atoms with Crippen molar-refractivity contribution in [3.8, 4) is 0 Å². The zero-order valence-electron chi connectivity index (χ0n) is 15.0. The van der Waals surface area contributed by atoms with Gasteiger partial charge in [-0.05, 0) is 0 Å². The molecule has 0 radical (unpaired) electrons. The van der Waals surface area contributed by atoms with Crippen LogP contribution in [0.3, 0.4) is 0 Å². The monoisotopic (exact) mass is 530 g/mol. The first-order valence-electron chi connectivity index (χ1n) is 9.05. The van der Waals surface area contributed by atoms with Crippen LogP contribution in [-0.2, 0) is 0 Å². The summed E-state index contributed by atoms with van der Waals surface area (Å²) in [5, 5.41) is 0. The summed E-state index contributed by atoms with van der Waals surface area (Å²) in [4.78, 5) is 0.